The Morgan fingerprint density at radius 1 is 0.818 bits per heavy atom. The van der Waals surface area contributed by atoms with E-state index in [0.717, 1.165) is 38.5 Å². The lowest BCUT2D eigenvalue weighted by Crippen LogP contribution is -2.09. The summed E-state index contributed by atoms with van der Waals surface area (Å²) in [6, 6.07) is 21.3. The second-order valence-electron chi connectivity index (χ2n) is 5.95. The average Bonchev–Trinajstić information content (AvgIpc) is 3.03. The standard InChI is InChI=1S/C20H23NO/c1-3-8-17(9-4-1)12-7-13-19-16-20(22-21-19)15-14-18-10-5-2-6-11-18/h1-6,8-11,20H,7,12-16H2. The largest absolute Gasteiger partial charge is 0.392 e. The molecule has 3 rings (SSSR count). The Balaban J connectivity index is 1.35. The highest BCUT2D eigenvalue weighted by Crippen LogP contribution is 2.19. The third-order valence-electron chi connectivity index (χ3n) is 4.17. The van der Waals surface area contributed by atoms with Crippen molar-refractivity contribution >= 4 is 5.71 Å². The molecule has 0 aliphatic carbocycles. The minimum atomic E-state index is 0.270. The second kappa shape index (κ2) is 7.79. The van der Waals surface area contributed by atoms with Gasteiger partial charge in [0.1, 0.15) is 6.10 Å². The van der Waals surface area contributed by atoms with Gasteiger partial charge in [-0.2, -0.15) is 0 Å². The molecule has 1 aliphatic heterocycles. The number of aryl methyl sites for hydroxylation is 2. The van der Waals surface area contributed by atoms with Crippen molar-refractivity contribution in [1.82, 2.24) is 0 Å². The fourth-order valence-electron chi connectivity index (χ4n) is 2.90. The topological polar surface area (TPSA) is 21.6 Å². The van der Waals surface area contributed by atoms with Gasteiger partial charge in [0.25, 0.3) is 0 Å². The Bertz CT molecular complexity index is 592. The van der Waals surface area contributed by atoms with Crippen LogP contribution in [-0.4, -0.2) is 11.8 Å². The quantitative estimate of drug-likeness (QED) is 0.719. The Morgan fingerprint density at radius 3 is 2.14 bits per heavy atom. The van der Waals surface area contributed by atoms with Gasteiger partial charge in [0.2, 0.25) is 0 Å². The lowest BCUT2D eigenvalue weighted by Gasteiger charge is -2.07. The molecule has 1 aliphatic rings. The van der Waals surface area contributed by atoms with Crippen molar-refractivity contribution in [2.45, 2.75) is 44.6 Å². The summed E-state index contributed by atoms with van der Waals surface area (Å²) in [5.41, 5.74) is 4.01. The number of hydrogen-bond donors (Lipinski definition) is 0. The second-order valence-corrected chi connectivity index (χ2v) is 5.95. The molecule has 0 saturated heterocycles. The molecule has 1 heterocycles. The van der Waals surface area contributed by atoms with E-state index in [1.54, 1.807) is 0 Å². The summed E-state index contributed by atoms with van der Waals surface area (Å²) in [5, 5.41) is 4.28. The molecule has 0 bridgehead atoms. The third-order valence-corrected chi connectivity index (χ3v) is 4.17. The van der Waals surface area contributed by atoms with Crippen molar-refractivity contribution in [2.24, 2.45) is 5.16 Å². The number of hydrogen-bond acceptors (Lipinski definition) is 2. The van der Waals surface area contributed by atoms with Gasteiger partial charge in [-0.05, 0) is 43.2 Å². The van der Waals surface area contributed by atoms with Gasteiger partial charge in [0.15, 0.2) is 0 Å². The minimum Gasteiger partial charge on any atom is -0.392 e. The average molecular weight is 293 g/mol. The van der Waals surface area contributed by atoms with Crippen molar-refractivity contribution in [3.05, 3.63) is 71.8 Å². The van der Waals surface area contributed by atoms with Crippen LogP contribution < -0.4 is 0 Å². The predicted octanol–water partition coefficient (Wildman–Crippen LogP) is 4.79. The molecule has 2 heteroatoms. The number of rotatable bonds is 7. The summed E-state index contributed by atoms with van der Waals surface area (Å²) < 4.78 is 0. The van der Waals surface area contributed by atoms with Crippen LogP contribution in [0.5, 0.6) is 0 Å². The van der Waals surface area contributed by atoms with Gasteiger partial charge in [0, 0.05) is 6.42 Å². The van der Waals surface area contributed by atoms with E-state index in [2.05, 4.69) is 65.8 Å². The summed E-state index contributed by atoms with van der Waals surface area (Å²) in [7, 11) is 0. The molecule has 0 radical (unpaired) electrons. The van der Waals surface area contributed by atoms with Crippen LogP contribution in [0, 0.1) is 0 Å². The maximum Gasteiger partial charge on any atom is 0.133 e. The van der Waals surface area contributed by atoms with Crippen LogP contribution in [0.15, 0.2) is 65.8 Å². The molecular formula is C20H23NO. The Kier molecular flexibility index (Phi) is 5.25. The lowest BCUT2D eigenvalue weighted by molar-refractivity contribution is 0.0794. The lowest BCUT2D eigenvalue weighted by atomic mass is 10.0. The molecule has 0 spiro atoms. The molecule has 1 unspecified atom stereocenters. The fourth-order valence-corrected chi connectivity index (χ4v) is 2.90. The molecule has 2 aromatic rings. The first-order chi connectivity index (χ1) is 10.9. The maximum absolute atomic E-state index is 5.58. The molecule has 2 nitrogen and oxygen atoms in total. The van der Waals surface area contributed by atoms with Gasteiger partial charge in [-0.25, -0.2) is 0 Å². The first kappa shape index (κ1) is 14.8. The highest BCUT2D eigenvalue weighted by Gasteiger charge is 2.20. The molecule has 0 saturated carbocycles. The Morgan fingerprint density at radius 2 is 1.45 bits per heavy atom. The van der Waals surface area contributed by atoms with E-state index in [1.165, 1.54) is 16.8 Å². The van der Waals surface area contributed by atoms with Crippen molar-refractivity contribution in [3.63, 3.8) is 0 Å². The summed E-state index contributed by atoms with van der Waals surface area (Å²) >= 11 is 0. The number of oxime groups is 1. The van der Waals surface area contributed by atoms with Crippen LogP contribution in [0.4, 0.5) is 0 Å². The molecule has 0 aromatic heterocycles. The zero-order chi connectivity index (χ0) is 15.0. The Labute approximate surface area is 132 Å². The molecule has 2 aromatic carbocycles. The van der Waals surface area contributed by atoms with Crippen LogP contribution >= 0.6 is 0 Å². The number of nitrogens with zero attached hydrogens (tertiary/aromatic N) is 1. The van der Waals surface area contributed by atoms with Crippen LogP contribution in [0.25, 0.3) is 0 Å². The predicted molar refractivity (Wildman–Crippen MR) is 91.1 cm³/mol. The first-order valence-corrected chi connectivity index (χ1v) is 8.19. The van der Waals surface area contributed by atoms with Gasteiger partial charge in [-0.1, -0.05) is 65.8 Å². The zero-order valence-electron chi connectivity index (χ0n) is 12.9. The van der Waals surface area contributed by atoms with Crippen molar-refractivity contribution in [3.8, 4) is 0 Å². The van der Waals surface area contributed by atoms with E-state index < -0.39 is 0 Å². The smallest absolute Gasteiger partial charge is 0.133 e. The van der Waals surface area contributed by atoms with Gasteiger partial charge in [0.05, 0.1) is 5.71 Å². The van der Waals surface area contributed by atoms with Crippen LogP contribution in [0.3, 0.4) is 0 Å². The zero-order valence-corrected chi connectivity index (χ0v) is 12.9. The molecule has 0 amide bonds. The van der Waals surface area contributed by atoms with E-state index in [1.807, 2.05) is 0 Å². The summed E-state index contributed by atoms with van der Waals surface area (Å²) in [6.07, 6.45) is 6.71. The molecule has 0 N–H and O–H groups in total. The van der Waals surface area contributed by atoms with Gasteiger partial charge < -0.3 is 4.84 Å². The minimum absolute atomic E-state index is 0.270. The van der Waals surface area contributed by atoms with Crippen LogP contribution in [0.2, 0.25) is 0 Å². The summed E-state index contributed by atoms with van der Waals surface area (Å²) in [5.74, 6) is 0. The molecule has 22 heavy (non-hydrogen) atoms. The molecule has 1 atom stereocenters. The maximum atomic E-state index is 5.58. The molecule has 114 valence electrons. The summed E-state index contributed by atoms with van der Waals surface area (Å²) in [4.78, 5) is 5.58. The highest BCUT2D eigenvalue weighted by molar-refractivity contribution is 5.85. The van der Waals surface area contributed by atoms with Crippen LogP contribution in [0.1, 0.15) is 36.8 Å². The monoisotopic (exact) mass is 293 g/mol. The first-order valence-electron chi connectivity index (χ1n) is 8.19. The van der Waals surface area contributed by atoms with E-state index in [-0.39, 0.29) is 6.10 Å². The molecular weight excluding hydrogens is 270 g/mol. The van der Waals surface area contributed by atoms with Gasteiger partial charge in [-0.3, -0.25) is 0 Å². The Hall–Kier alpha value is -2.09. The van der Waals surface area contributed by atoms with E-state index in [0.29, 0.717) is 0 Å². The highest BCUT2D eigenvalue weighted by atomic mass is 16.6. The normalized spacial score (nSPS) is 17.1. The number of benzene rings is 2. The van der Waals surface area contributed by atoms with E-state index in [9.17, 15) is 0 Å². The van der Waals surface area contributed by atoms with Crippen molar-refractivity contribution in [2.75, 3.05) is 0 Å². The van der Waals surface area contributed by atoms with Crippen molar-refractivity contribution in [1.29, 1.82) is 0 Å². The van der Waals surface area contributed by atoms with E-state index >= 15 is 0 Å². The van der Waals surface area contributed by atoms with Crippen molar-refractivity contribution < 1.29 is 4.84 Å². The van der Waals surface area contributed by atoms with Crippen LogP contribution in [-0.2, 0) is 17.7 Å². The fraction of sp³-hybridized carbons (Fsp3) is 0.350. The third kappa shape index (κ3) is 4.45. The SMILES string of the molecule is c1ccc(CCCC2=NOC(CCc3ccccc3)C2)cc1. The van der Waals surface area contributed by atoms with Gasteiger partial charge >= 0.3 is 0 Å². The molecule has 0 fully saturated rings. The van der Waals surface area contributed by atoms with E-state index in [4.69, 9.17) is 4.84 Å². The van der Waals surface area contributed by atoms with Gasteiger partial charge in [-0.15, -0.1) is 0 Å². The summed E-state index contributed by atoms with van der Waals surface area (Å²) in [6.45, 7) is 0.